The average Bonchev–Trinajstić information content (AvgIpc) is 2.82. The zero-order chi connectivity index (χ0) is 23.2. The van der Waals surface area contributed by atoms with Gasteiger partial charge in [0, 0.05) is 11.5 Å². The van der Waals surface area contributed by atoms with Gasteiger partial charge in [0.15, 0.2) is 6.73 Å². The third-order valence-corrected chi connectivity index (χ3v) is 5.65. The molecule has 0 saturated heterocycles. The van der Waals surface area contributed by atoms with Crippen LogP contribution in [-0.4, -0.2) is 13.8 Å². The summed E-state index contributed by atoms with van der Waals surface area (Å²) in [6.45, 7) is 0.0305. The lowest BCUT2D eigenvalue weighted by molar-refractivity contribution is -0.137. The van der Waals surface area contributed by atoms with Crippen molar-refractivity contribution in [2.75, 3.05) is 18.7 Å². The zero-order valence-electron chi connectivity index (χ0n) is 17.5. The van der Waals surface area contributed by atoms with Gasteiger partial charge in [0.25, 0.3) is 0 Å². The second-order valence-electron chi connectivity index (χ2n) is 7.61. The smallest absolute Gasteiger partial charge is 0.418 e. The SMILES string of the molecule is COc1ccc(-c2cc(=O)oc3c4c(ccc23)OCN(c2ccccc2C(F)(F)F)C4)cc1. The highest BCUT2D eigenvalue weighted by Gasteiger charge is 2.35. The zero-order valence-corrected chi connectivity index (χ0v) is 17.5. The van der Waals surface area contributed by atoms with Crippen molar-refractivity contribution in [1.82, 2.24) is 0 Å². The molecule has 0 aliphatic carbocycles. The molecule has 0 atom stereocenters. The molecule has 5 rings (SSSR count). The Morgan fingerprint density at radius 2 is 1.76 bits per heavy atom. The first kappa shape index (κ1) is 20.9. The summed E-state index contributed by atoms with van der Waals surface area (Å²) in [5.74, 6) is 1.15. The molecule has 2 heterocycles. The van der Waals surface area contributed by atoms with Crippen LogP contribution in [0.5, 0.6) is 11.5 Å². The van der Waals surface area contributed by atoms with Gasteiger partial charge in [-0.25, -0.2) is 4.79 Å². The first-order chi connectivity index (χ1) is 15.8. The van der Waals surface area contributed by atoms with Crippen LogP contribution in [0, 0.1) is 0 Å². The van der Waals surface area contributed by atoms with Crippen molar-refractivity contribution in [3.05, 3.63) is 88.3 Å². The van der Waals surface area contributed by atoms with Crippen molar-refractivity contribution in [1.29, 1.82) is 0 Å². The van der Waals surface area contributed by atoms with Gasteiger partial charge >= 0.3 is 11.8 Å². The van der Waals surface area contributed by atoms with Gasteiger partial charge in [-0.15, -0.1) is 0 Å². The van der Waals surface area contributed by atoms with E-state index in [4.69, 9.17) is 13.9 Å². The lowest BCUT2D eigenvalue weighted by atomic mass is 9.99. The average molecular weight is 453 g/mol. The highest BCUT2D eigenvalue weighted by atomic mass is 19.4. The molecule has 0 radical (unpaired) electrons. The second kappa shape index (κ2) is 7.88. The van der Waals surface area contributed by atoms with Crippen molar-refractivity contribution < 1.29 is 27.1 Å². The fraction of sp³-hybridized carbons (Fsp3) is 0.160. The minimum absolute atomic E-state index is 0.00121. The number of rotatable bonds is 3. The molecular weight excluding hydrogens is 435 g/mol. The van der Waals surface area contributed by atoms with Gasteiger partial charge in [-0.1, -0.05) is 24.3 Å². The van der Waals surface area contributed by atoms with E-state index < -0.39 is 17.4 Å². The molecule has 0 N–H and O–H groups in total. The monoisotopic (exact) mass is 453 g/mol. The van der Waals surface area contributed by atoms with E-state index in [1.165, 1.54) is 23.1 Å². The Hall–Kier alpha value is -3.94. The lowest BCUT2D eigenvalue weighted by Crippen LogP contribution is -2.33. The largest absolute Gasteiger partial charge is 0.497 e. The Kier molecular flexibility index (Phi) is 5.00. The van der Waals surface area contributed by atoms with E-state index in [-0.39, 0.29) is 19.0 Å². The molecule has 3 aromatic carbocycles. The maximum absolute atomic E-state index is 13.6. The molecule has 8 heteroatoms. The molecule has 0 spiro atoms. The molecule has 168 valence electrons. The summed E-state index contributed by atoms with van der Waals surface area (Å²) in [5, 5.41) is 0.660. The molecule has 0 amide bonds. The van der Waals surface area contributed by atoms with Crippen LogP contribution in [0.2, 0.25) is 0 Å². The number of alkyl halides is 3. The molecule has 1 aliphatic rings. The van der Waals surface area contributed by atoms with Crippen LogP contribution in [0.3, 0.4) is 0 Å². The Labute approximate surface area is 186 Å². The number of fused-ring (bicyclic) bond motifs is 3. The fourth-order valence-electron chi connectivity index (χ4n) is 4.09. The molecule has 1 aliphatic heterocycles. The number of anilines is 1. The van der Waals surface area contributed by atoms with Crippen LogP contribution in [-0.2, 0) is 12.7 Å². The highest BCUT2D eigenvalue weighted by Crippen LogP contribution is 2.41. The number of hydrogen-bond acceptors (Lipinski definition) is 5. The fourth-order valence-corrected chi connectivity index (χ4v) is 4.09. The summed E-state index contributed by atoms with van der Waals surface area (Å²) in [7, 11) is 1.57. The van der Waals surface area contributed by atoms with Gasteiger partial charge < -0.3 is 18.8 Å². The first-order valence-electron chi connectivity index (χ1n) is 10.1. The third kappa shape index (κ3) is 3.77. The van der Waals surface area contributed by atoms with Crippen molar-refractivity contribution in [2.24, 2.45) is 0 Å². The number of methoxy groups -OCH3 is 1. The number of hydrogen-bond donors (Lipinski definition) is 0. The molecule has 0 bridgehead atoms. The third-order valence-electron chi connectivity index (χ3n) is 5.65. The minimum atomic E-state index is -4.51. The van der Waals surface area contributed by atoms with Crippen LogP contribution >= 0.6 is 0 Å². The summed E-state index contributed by atoms with van der Waals surface area (Å²) in [6.07, 6.45) is -4.51. The lowest BCUT2D eigenvalue weighted by Gasteiger charge is -2.32. The van der Waals surface area contributed by atoms with Gasteiger partial charge in [-0.2, -0.15) is 13.2 Å². The summed E-state index contributed by atoms with van der Waals surface area (Å²) in [4.78, 5) is 13.9. The Balaban J connectivity index is 1.63. The highest BCUT2D eigenvalue weighted by molar-refractivity contribution is 5.96. The molecule has 0 fully saturated rings. The Bertz CT molecular complexity index is 1390. The van der Waals surface area contributed by atoms with E-state index in [0.717, 1.165) is 11.6 Å². The minimum Gasteiger partial charge on any atom is -0.497 e. The molecule has 4 aromatic rings. The molecule has 1 aromatic heterocycles. The maximum Gasteiger partial charge on any atom is 0.418 e. The normalized spacial score (nSPS) is 13.5. The van der Waals surface area contributed by atoms with E-state index in [1.54, 1.807) is 37.4 Å². The summed E-state index contributed by atoms with van der Waals surface area (Å²) in [5.41, 5.74) is 0.931. The van der Waals surface area contributed by atoms with Crippen molar-refractivity contribution >= 4 is 16.7 Å². The molecule has 0 unspecified atom stereocenters. The number of benzene rings is 3. The van der Waals surface area contributed by atoms with E-state index in [1.807, 2.05) is 12.1 Å². The van der Waals surface area contributed by atoms with Crippen LogP contribution in [0.1, 0.15) is 11.1 Å². The summed E-state index contributed by atoms with van der Waals surface area (Å²) >= 11 is 0. The van der Waals surface area contributed by atoms with Gasteiger partial charge in [0.1, 0.15) is 17.1 Å². The van der Waals surface area contributed by atoms with Gasteiger partial charge in [-0.3, -0.25) is 0 Å². The molecule has 5 nitrogen and oxygen atoms in total. The van der Waals surface area contributed by atoms with Crippen LogP contribution in [0.15, 0.2) is 75.9 Å². The van der Waals surface area contributed by atoms with E-state index in [0.29, 0.717) is 33.6 Å². The predicted molar refractivity (Wildman–Crippen MR) is 118 cm³/mol. The van der Waals surface area contributed by atoms with Crippen LogP contribution in [0.25, 0.3) is 22.1 Å². The standard InChI is InChI=1S/C25H18F3NO4/c1-31-16-8-6-15(7-9-16)18-12-23(30)33-24-17(18)10-11-22-19(24)13-29(14-32-22)21-5-3-2-4-20(21)25(26,27)28/h2-12H,13-14H2,1H3. The van der Waals surface area contributed by atoms with E-state index >= 15 is 0 Å². The Morgan fingerprint density at radius 3 is 2.48 bits per heavy atom. The summed E-state index contributed by atoms with van der Waals surface area (Å²) < 4.78 is 57.2. The van der Waals surface area contributed by atoms with Crippen molar-refractivity contribution in [3.63, 3.8) is 0 Å². The molecule has 33 heavy (non-hydrogen) atoms. The summed E-state index contributed by atoms with van der Waals surface area (Å²) in [6, 6.07) is 17.5. The maximum atomic E-state index is 13.6. The first-order valence-corrected chi connectivity index (χ1v) is 10.1. The van der Waals surface area contributed by atoms with Crippen LogP contribution in [0.4, 0.5) is 18.9 Å². The topological polar surface area (TPSA) is 51.9 Å². The van der Waals surface area contributed by atoms with Gasteiger partial charge in [0.2, 0.25) is 0 Å². The van der Waals surface area contributed by atoms with E-state index in [2.05, 4.69) is 0 Å². The Morgan fingerprint density at radius 1 is 1.00 bits per heavy atom. The predicted octanol–water partition coefficient (Wildman–Crippen LogP) is 5.84. The number of ether oxygens (including phenoxy) is 2. The number of para-hydroxylation sites is 1. The van der Waals surface area contributed by atoms with Crippen LogP contribution < -0.4 is 20.0 Å². The number of nitrogens with zero attached hydrogens (tertiary/aromatic N) is 1. The van der Waals surface area contributed by atoms with Crippen molar-refractivity contribution in [3.8, 4) is 22.6 Å². The van der Waals surface area contributed by atoms with Gasteiger partial charge in [0.05, 0.1) is 30.5 Å². The molecule has 0 saturated carbocycles. The second-order valence-corrected chi connectivity index (χ2v) is 7.61. The van der Waals surface area contributed by atoms with E-state index in [9.17, 15) is 18.0 Å². The number of halogens is 3. The molecular formula is C25H18F3NO4. The van der Waals surface area contributed by atoms with Crippen molar-refractivity contribution in [2.45, 2.75) is 12.7 Å². The van der Waals surface area contributed by atoms with Gasteiger partial charge in [-0.05, 0) is 47.5 Å². The quantitative estimate of drug-likeness (QED) is 0.365.